The maximum Gasteiger partial charge on any atom is 0.240 e. The third-order valence-electron chi connectivity index (χ3n) is 3.28. The predicted molar refractivity (Wildman–Crippen MR) is 91.0 cm³/mol. The molecule has 4 nitrogen and oxygen atoms in total. The van der Waals surface area contributed by atoms with Crippen molar-refractivity contribution in [1.29, 1.82) is 0 Å². The van der Waals surface area contributed by atoms with Gasteiger partial charge >= 0.3 is 0 Å². The molecule has 0 atom stereocenters. The second-order valence-electron chi connectivity index (χ2n) is 4.96. The van der Waals surface area contributed by atoms with Gasteiger partial charge in [0.15, 0.2) is 0 Å². The minimum absolute atomic E-state index is 0.230. The molecule has 0 aliphatic carbocycles. The maximum absolute atomic E-state index is 12.1. The molecule has 22 heavy (non-hydrogen) atoms. The van der Waals surface area contributed by atoms with Crippen LogP contribution in [0.3, 0.4) is 0 Å². The van der Waals surface area contributed by atoms with Gasteiger partial charge in [0, 0.05) is 30.8 Å². The number of benzene rings is 2. The number of anilines is 1. The van der Waals surface area contributed by atoms with Crippen LogP contribution in [0.4, 0.5) is 5.69 Å². The maximum atomic E-state index is 12.1. The van der Waals surface area contributed by atoms with E-state index in [9.17, 15) is 8.42 Å². The summed E-state index contributed by atoms with van der Waals surface area (Å²) in [5.74, 6) is 0. The highest BCUT2D eigenvalue weighted by Gasteiger charge is 2.12. The van der Waals surface area contributed by atoms with E-state index in [0.717, 1.165) is 18.7 Å². The van der Waals surface area contributed by atoms with E-state index in [-0.39, 0.29) is 4.90 Å². The Morgan fingerprint density at radius 1 is 1.05 bits per heavy atom. The molecule has 0 fully saturated rings. The minimum atomic E-state index is -3.47. The van der Waals surface area contributed by atoms with E-state index in [0.29, 0.717) is 11.6 Å². The lowest BCUT2D eigenvalue weighted by molar-refractivity contribution is 0.579. The fourth-order valence-corrected chi connectivity index (χ4v) is 3.23. The topological polar surface area (TPSA) is 49.4 Å². The number of halogens is 1. The van der Waals surface area contributed by atoms with Crippen LogP contribution in [-0.4, -0.2) is 28.6 Å². The summed E-state index contributed by atoms with van der Waals surface area (Å²) >= 11 is 5.76. The van der Waals surface area contributed by atoms with E-state index in [1.54, 1.807) is 12.1 Å². The molecule has 1 N–H and O–H groups in total. The van der Waals surface area contributed by atoms with Crippen molar-refractivity contribution in [2.75, 3.05) is 25.0 Å². The zero-order valence-electron chi connectivity index (χ0n) is 12.4. The van der Waals surface area contributed by atoms with Gasteiger partial charge < -0.3 is 4.90 Å². The first-order valence-corrected chi connectivity index (χ1v) is 8.86. The third kappa shape index (κ3) is 4.73. The van der Waals surface area contributed by atoms with E-state index in [4.69, 9.17) is 11.6 Å². The number of para-hydroxylation sites is 1. The van der Waals surface area contributed by atoms with Crippen molar-refractivity contribution in [3.05, 3.63) is 59.6 Å². The largest absolute Gasteiger partial charge is 0.375 e. The number of hydrogen-bond acceptors (Lipinski definition) is 3. The van der Waals surface area contributed by atoms with Crippen LogP contribution in [-0.2, 0) is 10.0 Å². The van der Waals surface area contributed by atoms with Gasteiger partial charge in [-0.25, -0.2) is 13.1 Å². The molecule has 0 bridgehead atoms. The van der Waals surface area contributed by atoms with Crippen molar-refractivity contribution in [3.8, 4) is 0 Å². The Hall–Kier alpha value is -1.56. The Morgan fingerprint density at radius 2 is 1.68 bits per heavy atom. The van der Waals surface area contributed by atoms with Crippen LogP contribution in [0, 0.1) is 0 Å². The van der Waals surface area contributed by atoms with Crippen molar-refractivity contribution < 1.29 is 8.42 Å². The van der Waals surface area contributed by atoms with Gasteiger partial charge in [0.25, 0.3) is 0 Å². The molecule has 0 heterocycles. The molecule has 2 aromatic rings. The van der Waals surface area contributed by atoms with Crippen LogP contribution < -0.4 is 9.62 Å². The summed E-state index contributed by atoms with van der Waals surface area (Å²) in [6, 6.07) is 16.1. The van der Waals surface area contributed by atoms with E-state index in [1.807, 2.05) is 37.4 Å². The molecule has 2 aromatic carbocycles. The van der Waals surface area contributed by atoms with Gasteiger partial charge in [-0.05, 0) is 42.8 Å². The number of hydrogen-bond donors (Lipinski definition) is 1. The number of sulfonamides is 1. The van der Waals surface area contributed by atoms with Crippen molar-refractivity contribution in [2.45, 2.75) is 11.3 Å². The molecule has 0 unspecified atom stereocenters. The smallest absolute Gasteiger partial charge is 0.240 e. The normalized spacial score (nSPS) is 11.4. The first-order chi connectivity index (χ1) is 10.5. The molecule has 0 saturated heterocycles. The molecular formula is C16H19ClN2O2S. The fraction of sp³-hybridized carbons (Fsp3) is 0.250. The summed E-state index contributed by atoms with van der Waals surface area (Å²) in [6.45, 7) is 1.16. The number of nitrogens with one attached hydrogen (secondary N) is 1. The Morgan fingerprint density at radius 3 is 2.32 bits per heavy atom. The van der Waals surface area contributed by atoms with Gasteiger partial charge in [-0.2, -0.15) is 0 Å². The summed E-state index contributed by atoms with van der Waals surface area (Å²) in [5, 5.41) is 0.517. The highest BCUT2D eigenvalue weighted by molar-refractivity contribution is 7.89. The zero-order chi connectivity index (χ0) is 16.0. The molecule has 0 spiro atoms. The van der Waals surface area contributed by atoms with Gasteiger partial charge in [0.05, 0.1) is 4.90 Å². The summed E-state index contributed by atoms with van der Waals surface area (Å²) in [4.78, 5) is 2.32. The molecule has 0 aliphatic rings. The molecule has 0 aliphatic heterocycles. The van der Waals surface area contributed by atoms with E-state index in [1.165, 1.54) is 12.1 Å². The van der Waals surface area contributed by atoms with Gasteiger partial charge in [0.1, 0.15) is 0 Å². The van der Waals surface area contributed by atoms with Crippen molar-refractivity contribution >= 4 is 27.3 Å². The monoisotopic (exact) mass is 338 g/mol. The Labute approximate surface area is 136 Å². The predicted octanol–water partition coefficient (Wildman–Crippen LogP) is 3.14. The Kier molecular flexibility index (Phi) is 5.83. The second kappa shape index (κ2) is 7.63. The minimum Gasteiger partial charge on any atom is -0.375 e. The van der Waals surface area contributed by atoms with E-state index >= 15 is 0 Å². The van der Waals surface area contributed by atoms with Gasteiger partial charge in [-0.1, -0.05) is 29.8 Å². The molecule has 2 rings (SSSR count). The molecule has 0 aromatic heterocycles. The second-order valence-corrected chi connectivity index (χ2v) is 7.17. The molecular weight excluding hydrogens is 320 g/mol. The zero-order valence-corrected chi connectivity index (χ0v) is 13.9. The number of nitrogens with zero attached hydrogens (tertiary/aromatic N) is 1. The number of rotatable bonds is 7. The highest BCUT2D eigenvalue weighted by atomic mass is 35.5. The molecule has 0 saturated carbocycles. The standard InChI is InChI=1S/C16H19ClN2O2S/c1-19(15-6-3-2-4-7-15)13-5-12-18-22(20,21)16-10-8-14(17)9-11-16/h2-4,6-11,18H,5,12-13H2,1H3. The summed E-state index contributed by atoms with van der Waals surface area (Å²) in [7, 11) is -1.48. The Bertz CT molecular complexity index is 688. The first-order valence-electron chi connectivity index (χ1n) is 7.00. The third-order valence-corrected chi connectivity index (χ3v) is 5.01. The van der Waals surface area contributed by atoms with Crippen LogP contribution in [0.2, 0.25) is 5.02 Å². The Balaban J connectivity index is 1.82. The van der Waals surface area contributed by atoms with E-state index < -0.39 is 10.0 Å². The lowest BCUT2D eigenvalue weighted by atomic mass is 10.3. The van der Waals surface area contributed by atoms with Crippen molar-refractivity contribution in [3.63, 3.8) is 0 Å². The quantitative estimate of drug-likeness (QED) is 0.789. The van der Waals surface area contributed by atoms with Crippen molar-refractivity contribution in [2.24, 2.45) is 0 Å². The summed E-state index contributed by atoms with van der Waals surface area (Å²) < 4.78 is 26.8. The summed E-state index contributed by atoms with van der Waals surface area (Å²) in [5.41, 5.74) is 1.11. The fourth-order valence-electron chi connectivity index (χ4n) is 2.03. The average molecular weight is 339 g/mol. The average Bonchev–Trinajstić information content (AvgIpc) is 2.52. The molecule has 0 radical (unpaired) electrons. The SMILES string of the molecule is CN(CCCNS(=O)(=O)c1ccc(Cl)cc1)c1ccccc1. The highest BCUT2D eigenvalue weighted by Crippen LogP contribution is 2.14. The van der Waals surface area contributed by atoms with Crippen LogP contribution in [0.25, 0.3) is 0 Å². The van der Waals surface area contributed by atoms with Crippen LogP contribution >= 0.6 is 11.6 Å². The lowest BCUT2D eigenvalue weighted by Crippen LogP contribution is -2.28. The van der Waals surface area contributed by atoms with E-state index in [2.05, 4.69) is 9.62 Å². The lowest BCUT2D eigenvalue weighted by Gasteiger charge is -2.19. The molecule has 6 heteroatoms. The van der Waals surface area contributed by atoms with Gasteiger partial charge in [-0.15, -0.1) is 0 Å². The molecule has 0 amide bonds. The van der Waals surface area contributed by atoms with Crippen molar-refractivity contribution in [1.82, 2.24) is 4.72 Å². The van der Waals surface area contributed by atoms with Gasteiger partial charge in [0.2, 0.25) is 10.0 Å². The molecule has 118 valence electrons. The van der Waals surface area contributed by atoms with Gasteiger partial charge in [-0.3, -0.25) is 0 Å². The first kappa shape index (κ1) is 16.8. The summed E-state index contributed by atoms with van der Waals surface area (Å²) in [6.07, 6.45) is 0.720. The van der Waals surface area contributed by atoms with Crippen LogP contribution in [0.1, 0.15) is 6.42 Å². The van der Waals surface area contributed by atoms with Crippen LogP contribution in [0.5, 0.6) is 0 Å². The van der Waals surface area contributed by atoms with Crippen LogP contribution in [0.15, 0.2) is 59.5 Å².